The summed E-state index contributed by atoms with van der Waals surface area (Å²) in [4.78, 5) is 19.0. The Labute approximate surface area is 266 Å². The fourth-order valence-electron chi connectivity index (χ4n) is 8.90. The molecule has 7 heterocycles. The molecule has 0 radical (unpaired) electrons. The lowest BCUT2D eigenvalue weighted by molar-refractivity contribution is 0.0582. The molecule has 5 unspecified atom stereocenters. The van der Waals surface area contributed by atoms with Gasteiger partial charge in [0.15, 0.2) is 5.82 Å². The van der Waals surface area contributed by atoms with Gasteiger partial charge in [-0.3, -0.25) is 9.88 Å². The third-order valence-corrected chi connectivity index (χ3v) is 10.8. The van der Waals surface area contributed by atoms with Crippen LogP contribution in [0.5, 0.6) is 11.8 Å². The smallest absolute Gasteiger partial charge is 0.319 e. The fraction of sp³-hybridized carbons (Fsp3) is 0.417. The van der Waals surface area contributed by atoms with Crippen molar-refractivity contribution in [3.8, 4) is 35.4 Å². The van der Waals surface area contributed by atoms with Gasteiger partial charge < -0.3 is 24.8 Å². The zero-order valence-corrected chi connectivity index (χ0v) is 25.5. The van der Waals surface area contributed by atoms with Crippen LogP contribution in [0.4, 0.5) is 10.2 Å². The van der Waals surface area contributed by atoms with E-state index in [4.69, 9.17) is 25.9 Å². The number of fused-ring (bicyclic) bond motifs is 7. The normalized spacial score (nSPS) is 28.6. The molecule has 5 saturated heterocycles. The SMILES string of the molecule is C#Cc1cccc2cc(O)cc(-c3ncc4c(N5CC6CCC(C5)N6)nc(OCC56CC(=C)CN5C5COCC5C6)nc4c3F)c12. The van der Waals surface area contributed by atoms with Crippen LogP contribution in [0.1, 0.15) is 31.2 Å². The Morgan fingerprint density at radius 1 is 1.20 bits per heavy atom. The predicted octanol–water partition coefficient (Wildman–Crippen LogP) is 4.41. The van der Waals surface area contributed by atoms with Gasteiger partial charge in [-0.05, 0) is 49.3 Å². The van der Waals surface area contributed by atoms with Crippen molar-refractivity contribution >= 4 is 27.5 Å². The summed E-state index contributed by atoms with van der Waals surface area (Å²) in [5.74, 6) is 3.19. The Bertz CT molecular complexity index is 1970. The van der Waals surface area contributed by atoms with E-state index in [1.54, 1.807) is 18.3 Å². The number of terminal acetylenes is 1. The van der Waals surface area contributed by atoms with E-state index >= 15 is 4.39 Å². The first-order valence-corrected chi connectivity index (χ1v) is 16.1. The average Bonchev–Trinajstić information content (AvgIpc) is 3.79. The van der Waals surface area contributed by atoms with Crippen molar-refractivity contribution in [2.45, 2.75) is 49.3 Å². The van der Waals surface area contributed by atoms with E-state index in [1.165, 1.54) is 11.6 Å². The van der Waals surface area contributed by atoms with Crippen molar-refractivity contribution < 1.29 is 19.0 Å². The number of aromatic nitrogens is 3. The number of hydrogen-bond acceptors (Lipinski definition) is 9. The summed E-state index contributed by atoms with van der Waals surface area (Å²) in [6.45, 7) is 8.55. The van der Waals surface area contributed by atoms with Crippen LogP contribution in [0.25, 0.3) is 32.9 Å². The largest absolute Gasteiger partial charge is 0.508 e. The molecular formula is C36H35FN6O3. The predicted molar refractivity (Wildman–Crippen MR) is 173 cm³/mol. The number of pyridine rings is 1. The zero-order chi connectivity index (χ0) is 31.2. The maximum atomic E-state index is 16.9. The van der Waals surface area contributed by atoms with Gasteiger partial charge in [0.1, 0.15) is 29.4 Å². The lowest BCUT2D eigenvalue weighted by atomic mass is 9.89. The highest BCUT2D eigenvalue weighted by Crippen LogP contribution is 2.49. The zero-order valence-electron chi connectivity index (χ0n) is 25.5. The number of benzene rings is 2. The minimum Gasteiger partial charge on any atom is -0.508 e. The number of phenolic OH excluding ortho intramolecular Hbond substituents is 1. The molecule has 4 aromatic rings. The molecule has 0 aliphatic carbocycles. The first-order valence-electron chi connectivity index (χ1n) is 16.1. The van der Waals surface area contributed by atoms with E-state index in [0.29, 0.717) is 63.8 Å². The van der Waals surface area contributed by atoms with Crippen molar-refractivity contribution in [1.29, 1.82) is 0 Å². The van der Waals surface area contributed by atoms with E-state index in [-0.39, 0.29) is 28.5 Å². The maximum Gasteiger partial charge on any atom is 0.319 e. The van der Waals surface area contributed by atoms with Gasteiger partial charge in [0.25, 0.3) is 0 Å². The van der Waals surface area contributed by atoms with Crippen LogP contribution in [0.15, 0.2) is 48.7 Å². The molecule has 0 amide bonds. The number of ether oxygens (including phenoxy) is 2. The number of rotatable bonds is 5. The molecule has 2 N–H and O–H groups in total. The molecule has 0 spiro atoms. The Morgan fingerprint density at radius 3 is 2.87 bits per heavy atom. The highest BCUT2D eigenvalue weighted by molar-refractivity contribution is 6.02. The van der Waals surface area contributed by atoms with E-state index in [2.05, 4.69) is 32.6 Å². The van der Waals surface area contributed by atoms with Gasteiger partial charge >= 0.3 is 6.01 Å². The second-order valence-electron chi connectivity index (χ2n) is 13.7. The van der Waals surface area contributed by atoms with Gasteiger partial charge in [0.2, 0.25) is 0 Å². The summed E-state index contributed by atoms with van der Waals surface area (Å²) >= 11 is 0. The molecule has 5 aliphatic heterocycles. The van der Waals surface area contributed by atoms with Crippen molar-refractivity contribution in [1.82, 2.24) is 25.2 Å². The van der Waals surface area contributed by atoms with E-state index in [9.17, 15) is 5.11 Å². The summed E-state index contributed by atoms with van der Waals surface area (Å²) in [5.41, 5.74) is 2.18. The molecule has 2 bridgehead atoms. The van der Waals surface area contributed by atoms with Crippen molar-refractivity contribution in [2.75, 3.05) is 44.4 Å². The maximum absolute atomic E-state index is 16.9. The van der Waals surface area contributed by atoms with Gasteiger partial charge in [-0.2, -0.15) is 9.97 Å². The van der Waals surface area contributed by atoms with Gasteiger partial charge in [-0.25, -0.2) is 4.39 Å². The van der Waals surface area contributed by atoms with E-state index in [1.807, 2.05) is 12.1 Å². The van der Waals surface area contributed by atoms with E-state index < -0.39 is 5.82 Å². The first kappa shape index (κ1) is 28.0. The molecular weight excluding hydrogens is 583 g/mol. The number of halogens is 1. The number of nitrogens with zero attached hydrogens (tertiary/aromatic N) is 5. The van der Waals surface area contributed by atoms with Crippen molar-refractivity contribution in [2.24, 2.45) is 5.92 Å². The Morgan fingerprint density at radius 2 is 2.04 bits per heavy atom. The number of hydrogen-bond donors (Lipinski definition) is 2. The molecule has 5 aliphatic rings. The standard InChI is InChI=1S/C36H35FN6O3/c1-3-21-5-4-6-22-9-26(44)10-27(30(21)22)32-31(37)33-28(13-38-32)34(42-15-24-7-8-25(16-42)39-24)41-35(40-33)46-19-36-11-20(2)14-43(36)29-18-45-17-23(29)12-36/h1,4-6,9-10,13,23-25,29,39,44H,2,7-8,11-12,14-19H2. The third kappa shape index (κ3) is 4.29. The highest BCUT2D eigenvalue weighted by atomic mass is 19.1. The monoisotopic (exact) mass is 618 g/mol. The Hall–Kier alpha value is -4.30. The Balaban J connectivity index is 1.16. The van der Waals surface area contributed by atoms with Crippen LogP contribution in [0.3, 0.4) is 0 Å². The van der Waals surface area contributed by atoms with Gasteiger partial charge in [-0.15, -0.1) is 6.42 Å². The molecule has 5 fully saturated rings. The van der Waals surface area contributed by atoms with Crippen LogP contribution in [-0.2, 0) is 4.74 Å². The molecule has 0 saturated carbocycles. The van der Waals surface area contributed by atoms with E-state index in [0.717, 1.165) is 58.5 Å². The lowest BCUT2D eigenvalue weighted by Gasteiger charge is -2.35. The quantitative estimate of drug-likeness (QED) is 0.249. The van der Waals surface area contributed by atoms with Crippen LogP contribution >= 0.6 is 0 Å². The second-order valence-corrected chi connectivity index (χ2v) is 13.7. The van der Waals surface area contributed by atoms with Crippen molar-refractivity contribution in [3.05, 3.63) is 60.1 Å². The van der Waals surface area contributed by atoms with Gasteiger partial charge in [0, 0.05) is 66.4 Å². The highest BCUT2D eigenvalue weighted by Gasteiger charge is 2.57. The topological polar surface area (TPSA) is 95.9 Å². The summed E-state index contributed by atoms with van der Waals surface area (Å²) in [6.07, 6.45) is 11.5. The molecule has 46 heavy (non-hydrogen) atoms. The van der Waals surface area contributed by atoms with Crippen LogP contribution < -0.4 is 15.0 Å². The van der Waals surface area contributed by atoms with Crippen molar-refractivity contribution in [3.63, 3.8) is 0 Å². The number of nitrogens with one attached hydrogen (secondary N) is 1. The molecule has 2 aromatic carbocycles. The minimum atomic E-state index is -0.607. The molecule has 2 aromatic heterocycles. The number of piperazine rings is 1. The van der Waals surface area contributed by atoms with Crippen LogP contribution in [0.2, 0.25) is 0 Å². The lowest BCUT2D eigenvalue weighted by Crippen LogP contribution is -2.51. The van der Waals surface area contributed by atoms with Crippen LogP contribution in [0, 0.1) is 24.1 Å². The summed E-state index contributed by atoms with van der Waals surface area (Å²) in [7, 11) is 0. The van der Waals surface area contributed by atoms with Gasteiger partial charge in [0.05, 0.1) is 24.1 Å². The Kier molecular flexibility index (Phi) is 6.30. The second kappa shape index (κ2) is 10.4. The minimum absolute atomic E-state index is 0.00430. The number of phenols is 1. The molecule has 234 valence electrons. The molecule has 5 atom stereocenters. The molecule has 9 rings (SSSR count). The van der Waals surface area contributed by atoms with Crippen LogP contribution in [-0.4, -0.2) is 88.1 Å². The molecule has 10 heteroatoms. The fourth-order valence-corrected chi connectivity index (χ4v) is 8.90. The first-order chi connectivity index (χ1) is 22.4. The summed E-state index contributed by atoms with van der Waals surface area (Å²) < 4.78 is 29.2. The number of aromatic hydroxyl groups is 1. The third-order valence-electron chi connectivity index (χ3n) is 10.8. The number of anilines is 1. The average molecular weight is 619 g/mol. The summed E-state index contributed by atoms with van der Waals surface area (Å²) in [6, 6.07) is 9.80. The molecule has 9 nitrogen and oxygen atoms in total. The summed E-state index contributed by atoms with van der Waals surface area (Å²) in [5, 5.41) is 16.1. The van der Waals surface area contributed by atoms with Gasteiger partial charge in [-0.1, -0.05) is 30.2 Å².